The molecule has 2 aromatic carbocycles. The van der Waals surface area contributed by atoms with Crippen molar-refractivity contribution in [2.45, 2.75) is 6.92 Å². The Hall–Kier alpha value is -2.10. The van der Waals surface area contributed by atoms with Crippen molar-refractivity contribution in [3.05, 3.63) is 58.9 Å². The van der Waals surface area contributed by atoms with Crippen LogP contribution in [-0.4, -0.2) is 6.29 Å². The van der Waals surface area contributed by atoms with Gasteiger partial charge in [0.25, 0.3) is 0 Å². The van der Waals surface area contributed by atoms with Crippen LogP contribution in [0.2, 0.25) is 0 Å². The molecule has 18 heavy (non-hydrogen) atoms. The average Bonchev–Trinajstić information content (AvgIpc) is 2.35. The quantitative estimate of drug-likeness (QED) is 0.583. The van der Waals surface area contributed by atoms with Crippen LogP contribution in [0.15, 0.2) is 30.3 Å². The van der Waals surface area contributed by atoms with Gasteiger partial charge in [0.1, 0.15) is 6.29 Å². The molecule has 1 nitrogen and oxygen atoms in total. The molecule has 0 aliphatic carbocycles. The summed E-state index contributed by atoms with van der Waals surface area (Å²) in [5.41, 5.74) is 1.95. The molecule has 0 atom stereocenters. The van der Waals surface area contributed by atoms with E-state index in [0.29, 0.717) is 23.0 Å². The Balaban J connectivity index is 2.59. The summed E-state index contributed by atoms with van der Waals surface area (Å²) in [5.74, 6) is -3.95. The minimum absolute atomic E-state index is 0.237. The fourth-order valence-electron chi connectivity index (χ4n) is 1.80. The summed E-state index contributed by atoms with van der Waals surface area (Å²) in [7, 11) is 0. The lowest BCUT2D eigenvalue weighted by molar-refractivity contribution is 0.112. The third-order valence-corrected chi connectivity index (χ3v) is 2.68. The van der Waals surface area contributed by atoms with Crippen LogP contribution in [0.4, 0.5) is 13.2 Å². The third-order valence-electron chi connectivity index (χ3n) is 2.68. The van der Waals surface area contributed by atoms with Crippen LogP contribution in [0.25, 0.3) is 11.1 Å². The van der Waals surface area contributed by atoms with E-state index in [4.69, 9.17) is 0 Å². The number of halogens is 3. The molecule has 0 unspecified atom stereocenters. The van der Waals surface area contributed by atoms with Gasteiger partial charge < -0.3 is 0 Å². The topological polar surface area (TPSA) is 17.1 Å². The van der Waals surface area contributed by atoms with Crippen molar-refractivity contribution in [1.29, 1.82) is 0 Å². The van der Waals surface area contributed by atoms with Gasteiger partial charge >= 0.3 is 0 Å². The first-order valence-electron chi connectivity index (χ1n) is 5.23. The molecular weight excluding hydrogens is 241 g/mol. The summed E-state index contributed by atoms with van der Waals surface area (Å²) in [6.07, 6.45) is 0.683. The van der Waals surface area contributed by atoms with Crippen molar-refractivity contribution in [2.24, 2.45) is 0 Å². The molecule has 0 fully saturated rings. The molecule has 0 heterocycles. The second kappa shape index (κ2) is 4.64. The predicted octanol–water partition coefficient (Wildman–Crippen LogP) is 3.89. The van der Waals surface area contributed by atoms with Crippen molar-refractivity contribution in [3.63, 3.8) is 0 Å². The zero-order chi connectivity index (χ0) is 13.3. The second-order valence-electron chi connectivity index (χ2n) is 3.95. The van der Waals surface area contributed by atoms with E-state index in [9.17, 15) is 18.0 Å². The summed E-state index contributed by atoms with van der Waals surface area (Å²) < 4.78 is 39.1. The Bertz CT molecular complexity index is 597. The molecule has 0 bridgehead atoms. The molecule has 0 aromatic heterocycles. The highest BCUT2D eigenvalue weighted by Crippen LogP contribution is 2.27. The van der Waals surface area contributed by atoms with Crippen LogP contribution in [-0.2, 0) is 0 Å². The van der Waals surface area contributed by atoms with Crippen molar-refractivity contribution >= 4 is 6.29 Å². The number of hydrogen-bond acceptors (Lipinski definition) is 1. The van der Waals surface area contributed by atoms with Gasteiger partial charge in [0, 0.05) is 5.56 Å². The fraction of sp³-hybridized carbons (Fsp3) is 0.0714. The maximum atomic E-state index is 13.1. The summed E-state index contributed by atoms with van der Waals surface area (Å²) in [6.45, 7) is 1.71. The van der Waals surface area contributed by atoms with Crippen molar-refractivity contribution in [2.75, 3.05) is 0 Å². The van der Waals surface area contributed by atoms with Gasteiger partial charge in [-0.15, -0.1) is 0 Å². The predicted molar refractivity (Wildman–Crippen MR) is 61.9 cm³/mol. The molecule has 2 aromatic rings. The minimum atomic E-state index is -1.49. The Morgan fingerprint density at radius 1 is 1.00 bits per heavy atom. The van der Waals surface area contributed by atoms with Gasteiger partial charge in [-0.3, -0.25) is 4.79 Å². The van der Waals surface area contributed by atoms with E-state index in [1.807, 2.05) is 0 Å². The van der Waals surface area contributed by atoms with Gasteiger partial charge in [-0.2, -0.15) is 0 Å². The minimum Gasteiger partial charge on any atom is -0.298 e. The summed E-state index contributed by atoms with van der Waals surface area (Å²) in [4.78, 5) is 10.6. The van der Waals surface area contributed by atoms with E-state index < -0.39 is 17.5 Å². The largest absolute Gasteiger partial charge is 0.298 e. The Kier molecular flexibility index (Phi) is 3.19. The molecular formula is C14H9F3O. The van der Waals surface area contributed by atoms with E-state index >= 15 is 0 Å². The molecule has 0 saturated carbocycles. The molecule has 0 saturated heterocycles. The highest BCUT2D eigenvalue weighted by molar-refractivity contribution is 5.78. The van der Waals surface area contributed by atoms with Gasteiger partial charge in [0.15, 0.2) is 17.5 Å². The molecule has 0 radical (unpaired) electrons. The zero-order valence-electron chi connectivity index (χ0n) is 9.51. The third kappa shape index (κ3) is 2.14. The van der Waals surface area contributed by atoms with Crippen LogP contribution in [0, 0.1) is 24.4 Å². The Morgan fingerprint density at radius 2 is 1.61 bits per heavy atom. The Morgan fingerprint density at radius 3 is 2.11 bits per heavy atom. The maximum absolute atomic E-state index is 13.1. The zero-order valence-corrected chi connectivity index (χ0v) is 9.51. The summed E-state index contributed by atoms with van der Waals surface area (Å²) >= 11 is 0. The number of carbonyl (C=O) groups is 1. The first-order valence-corrected chi connectivity index (χ1v) is 5.23. The monoisotopic (exact) mass is 250 g/mol. The molecule has 4 heteroatoms. The fourth-order valence-corrected chi connectivity index (χ4v) is 1.80. The van der Waals surface area contributed by atoms with E-state index in [1.54, 1.807) is 19.1 Å². The lowest BCUT2D eigenvalue weighted by atomic mass is 9.98. The first-order chi connectivity index (χ1) is 8.52. The standard InChI is InChI=1S/C14H9F3O/c1-8-4-9(7-18)2-3-11(8)10-5-12(15)14(17)13(16)6-10/h2-7H,1H3. The van der Waals surface area contributed by atoms with Gasteiger partial charge in [-0.1, -0.05) is 12.1 Å². The molecule has 0 aliphatic rings. The molecule has 0 N–H and O–H groups in total. The van der Waals surface area contributed by atoms with E-state index in [2.05, 4.69) is 0 Å². The van der Waals surface area contributed by atoms with Crippen LogP contribution in [0.3, 0.4) is 0 Å². The normalized spacial score (nSPS) is 10.4. The lowest BCUT2D eigenvalue weighted by Gasteiger charge is -2.07. The molecule has 0 aliphatic heterocycles. The molecule has 2 rings (SSSR count). The highest BCUT2D eigenvalue weighted by atomic mass is 19.2. The smallest absolute Gasteiger partial charge is 0.194 e. The second-order valence-corrected chi connectivity index (χ2v) is 3.95. The van der Waals surface area contributed by atoms with E-state index in [-0.39, 0.29) is 5.56 Å². The number of aryl methyl sites for hydroxylation is 1. The van der Waals surface area contributed by atoms with Crippen molar-refractivity contribution in [1.82, 2.24) is 0 Å². The number of benzene rings is 2. The van der Waals surface area contributed by atoms with Crippen molar-refractivity contribution in [3.8, 4) is 11.1 Å². The summed E-state index contributed by atoms with van der Waals surface area (Å²) in [6, 6.07) is 6.57. The lowest BCUT2D eigenvalue weighted by Crippen LogP contribution is -1.93. The van der Waals surface area contributed by atoms with E-state index in [1.165, 1.54) is 6.07 Å². The van der Waals surface area contributed by atoms with Gasteiger partial charge in [-0.05, 0) is 41.8 Å². The first kappa shape index (κ1) is 12.4. The van der Waals surface area contributed by atoms with Crippen LogP contribution >= 0.6 is 0 Å². The molecule has 0 spiro atoms. The number of carbonyl (C=O) groups excluding carboxylic acids is 1. The summed E-state index contributed by atoms with van der Waals surface area (Å²) in [5, 5.41) is 0. The van der Waals surface area contributed by atoms with Gasteiger partial charge in [0.05, 0.1) is 0 Å². The SMILES string of the molecule is Cc1cc(C=O)ccc1-c1cc(F)c(F)c(F)c1. The molecule has 0 amide bonds. The number of hydrogen-bond donors (Lipinski definition) is 0. The number of rotatable bonds is 2. The average molecular weight is 250 g/mol. The maximum Gasteiger partial charge on any atom is 0.194 e. The Labute approximate surface area is 102 Å². The van der Waals surface area contributed by atoms with Crippen LogP contribution < -0.4 is 0 Å². The van der Waals surface area contributed by atoms with Gasteiger partial charge in [0.2, 0.25) is 0 Å². The van der Waals surface area contributed by atoms with Crippen LogP contribution in [0.5, 0.6) is 0 Å². The highest BCUT2D eigenvalue weighted by Gasteiger charge is 2.12. The number of aldehydes is 1. The van der Waals surface area contributed by atoms with E-state index in [0.717, 1.165) is 12.1 Å². The van der Waals surface area contributed by atoms with Crippen molar-refractivity contribution < 1.29 is 18.0 Å². The van der Waals surface area contributed by atoms with Gasteiger partial charge in [-0.25, -0.2) is 13.2 Å². The van der Waals surface area contributed by atoms with Crippen LogP contribution in [0.1, 0.15) is 15.9 Å². The molecule has 92 valence electrons.